The molecule has 3 aromatic carbocycles. The molecule has 1 aliphatic heterocycles. The second-order valence-corrected chi connectivity index (χ2v) is 8.24. The number of rotatable bonds is 4. The first-order valence-corrected chi connectivity index (χ1v) is 10.8. The summed E-state index contributed by atoms with van der Waals surface area (Å²) in [5.74, 6) is -0.201. The van der Waals surface area contributed by atoms with Gasteiger partial charge in [0.15, 0.2) is 5.76 Å². The van der Waals surface area contributed by atoms with Crippen molar-refractivity contribution in [3.05, 3.63) is 108 Å². The van der Waals surface area contributed by atoms with E-state index in [1.54, 1.807) is 17.0 Å². The number of benzene rings is 3. The van der Waals surface area contributed by atoms with E-state index in [0.717, 1.165) is 27.5 Å². The lowest BCUT2D eigenvalue weighted by atomic mass is 9.92. The molecule has 0 bridgehead atoms. The number of hydrogen-bond donors (Lipinski definition) is 1. The fourth-order valence-electron chi connectivity index (χ4n) is 4.38. The van der Waals surface area contributed by atoms with Crippen LogP contribution in [0.4, 0.5) is 0 Å². The third-order valence-electron chi connectivity index (χ3n) is 6.18. The monoisotopic (exact) mass is 424 g/mol. The highest BCUT2D eigenvalue weighted by Gasteiger charge is 2.36. The highest BCUT2D eigenvalue weighted by atomic mass is 16.3. The minimum absolute atomic E-state index is 0.167. The van der Waals surface area contributed by atoms with Crippen molar-refractivity contribution in [1.29, 1.82) is 0 Å². The Morgan fingerprint density at radius 1 is 0.938 bits per heavy atom. The van der Waals surface area contributed by atoms with Crippen LogP contribution in [0.5, 0.6) is 0 Å². The van der Waals surface area contributed by atoms with Gasteiger partial charge in [0.1, 0.15) is 6.04 Å². The van der Waals surface area contributed by atoms with Crippen molar-refractivity contribution in [3.8, 4) is 0 Å². The fourth-order valence-corrected chi connectivity index (χ4v) is 4.38. The highest BCUT2D eigenvalue weighted by Crippen LogP contribution is 2.26. The summed E-state index contributed by atoms with van der Waals surface area (Å²) in [7, 11) is 0. The van der Waals surface area contributed by atoms with Gasteiger partial charge in [-0.3, -0.25) is 9.59 Å². The van der Waals surface area contributed by atoms with Gasteiger partial charge in [-0.1, -0.05) is 60.7 Å². The molecule has 1 aliphatic rings. The predicted octanol–water partition coefficient (Wildman–Crippen LogP) is 4.88. The molecule has 0 spiro atoms. The molecule has 0 radical (unpaired) electrons. The normalized spacial score (nSPS) is 16.4. The molecule has 4 aromatic rings. The third-order valence-corrected chi connectivity index (χ3v) is 6.18. The van der Waals surface area contributed by atoms with Crippen LogP contribution in [0.2, 0.25) is 0 Å². The van der Waals surface area contributed by atoms with Crippen LogP contribution in [0.25, 0.3) is 10.8 Å². The lowest BCUT2D eigenvalue weighted by molar-refractivity contribution is -0.126. The molecular formula is C27H24N2O3. The number of nitrogens with zero attached hydrogens (tertiary/aromatic N) is 1. The van der Waals surface area contributed by atoms with Crippen molar-refractivity contribution in [2.24, 2.45) is 0 Å². The molecule has 0 aliphatic carbocycles. The number of amides is 2. The molecule has 160 valence electrons. The van der Waals surface area contributed by atoms with Gasteiger partial charge in [0, 0.05) is 13.0 Å². The maximum absolute atomic E-state index is 13.4. The van der Waals surface area contributed by atoms with Gasteiger partial charge in [0.05, 0.1) is 12.3 Å². The van der Waals surface area contributed by atoms with E-state index in [1.807, 2.05) is 49.4 Å². The molecule has 2 amide bonds. The lowest BCUT2D eigenvalue weighted by Crippen LogP contribution is -2.52. The van der Waals surface area contributed by atoms with Gasteiger partial charge in [0.25, 0.3) is 5.91 Å². The summed E-state index contributed by atoms with van der Waals surface area (Å²) in [4.78, 5) is 28.2. The van der Waals surface area contributed by atoms with Gasteiger partial charge in [0.2, 0.25) is 5.91 Å². The molecule has 5 rings (SSSR count). The Morgan fingerprint density at radius 3 is 2.47 bits per heavy atom. The quantitative estimate of drug-likeness (QED) is 0.508. The Hall–Kier alpha value is -3.86. The molecule has 0 saturated carbocycles. The van der Waals surface area contributed by atoms with Crippen LogP contribution < -0.4 is 5.32 Å². The van der Waals surface area contributed by atoms with Gasteiger partial charge >= 0.3 is 0 Å². The summed E-state index contributed by atoms with van der Waals surface area (Å²) in [5, 5.41) is 5.42. The summed E-state index contributed by atoms with van der Waals surface area (Å²) in [6.07, 6.45) is 1.95. The molecule has 2 heterocycles. The Bertz CT molecular complexity index is 1280. The second-order valence-electron chi connectivity index (χ2n) is 8.24. The zero-order valence-electron chi connectivity index (χ0n) is 17.8. The first kappa shape index (κ1) is 20.1. The van der Waals surface area contributed by atoms with Crippen molar-refractivity contribution in [2.45, 2.75) is 32.0 Å². The third kappa shape index (κ3) is 3.78. The Labute approximate surface area is 186 Å². The summed E-state index contributed by atoms with van der Waals surface area (Å²) >= 11 is 0. The standard InChI is InChI=1S/C27H24N2O3/c1-18(20-13-12-19-7-2-3-8-21(19)15-20)28-26(30)24-16-22-9-4-5-10-23(22)17-29(24)27(31)25-11-6-14-32-25/h2-15,18,24H,16-17H2,1H3,(H,28,30). The molecule has 2 atom stereocenters. The maximum Gasteiger partial charge on any atom is 0.290 e. The predicted molar refractivity (Wildman–Crippen MR) is 123 cm³/mol. The number of carbonyl (C=O) groups is 2. The maximum atomic E-state index is 13.4. The van der Waals surface area contributed by atoms with Gasteiger partial charge < -0.3 is 14.6 Å². The minimum Gasteiger partial charge on any atom is -0.459 e. The van der Waals surface area contributed by atoms with E-state index in [9.17, 15) is 9.59 Å². The van der Waals surface area contributed by atoms with E-state index in [0.29, 0.717) is 13.0 Å². The van der Waals surface area contributed by atoms with Crippen LogP contribution in [0.3, 0.4) is 0 Å². The summed E-state index contributed by atoms with van der Waals surface area (Å²) in [6, 6.07) is 24.8. The molecule has 1 aromatic heterocycles. The number of carbonyl (C=O) groups excluding carboxylic acids is 2. The average molecular weight is 425 g/mol. The SMILES string of the molecule is CC(NC(=O)C1Cc2ccccc2CN1C(=O)c1ccco1)c1ccc2ccccc2c1. The summed E-state index contributed by atoms with van der Waals surface area (Å²) < 4.78 is 5.33. The van der Waals surface area contributed by atoms with Crippen molar-refractivity contribution >= 4 is 22.6 Å². The Balaban J connectivity index is 1.41. The van der Waals surface area contributed by atoms with Crippen LogP contribution in [0.15, 0.2) is 89.5 Å². The largest absolute Gasteiger partial charge is 0.459 e. The molecule has 0 fully saturated rings. The van der Waals surface area contributed by atoms with E-state index in [4.69, 9.17) is 4.42 Å². The van der Waals surface area contributed by atoms with Crippen LogP contribution in [0, 0.1) is 0 Å². The van der Waals surface area contributed by atoms with Gasteiger partial charge in [-0.25, -0.2) is 0 Å². The van der Waals surface area contributed by atoms with E-state index in [1.165, 1.54) is 6.26 Å². The van der Waals surface area contributed by atoms with E-state index in [2.05, 4.69) is 29.6 Å². The molecule has 0 saturated heterocycles. The average Bonchev–Trinajstić information content (AvgIpc) is 3.37. The number of fused-ring (bicyclic) bond motifs is 2. The molecule has 5 nitrogen and oxygen atoms in total. The summed E-state index contributed by atoms with van der Waals surface area (Å²) in [6.45, 7) is 2.34. The number of nitrogens with one attached hydrogen (secondary N) is 1. The van der Waals surface area contributed by atoms with Gasteiger partial charge in [-0.2, -0.15) is 0 Å². The van der Waals surface area contributed by atoms with E-state index < -0.39 is 6.04 Å². The molecule has 5 heteroatoms. The first-order chi connectivity index (χ1) is 15.6. The van der Waals surface area contributed by atoms with Crippen LogP contribution in [-0.2, 0) is 17.8 Å². The molecule has 2 unspecified atom stereocenters. The molecule has 1 N–H and O–H groups in total. The topological polar surface area (TPSA) is 62.6 Å². The Morgan fingerprint density at radius 2 is 1.69 bits per heavy atom. The van der Waals surface area contributed by atoms with Crippen molar-refractivity contribution in [1.82, 2.24) is 10.2 Å². The fraction of sp³-hybridized carbons (Fsp3) is 0.185. The lowest BCUT2D eigenvalue weighted by Gasteiger charge is -2.36. The summed E-state index contributed by atoms with van der Waals surface area (Å²) in [5.41, 5.74) is 3.17. The first-order valence-electron chi connectivity index (χ1n) is 10.8. The minimum atomic E-state index is -0.606. The second kappa shape index (κ2) is 8.35. The van der Waals surface area contributed by atoms with Crippen LogP contribution >= 0.6 is 0 Å². The number of furan rings is 1. The molecular weight excluding hydrogens is 400 g/mol. The smallest absolute Gasteiger partial charge is 0.290 e. The van der Waals surface area contributed by atoms with Crippen LogP contribution in [0.1, 0.15) is 40.2 Å². The highest BCUT2D eigenvalue weighted by molar-refractivity contribution is 5.96. The van der Waals surface area contributed by atoms with Crippen LogP contribution in [-0.4, -0.2) is 22.8 Å². The van der Waals surface area contributed by atoms with E-state index >= 15 is 0 Å². The van der Waals surface area contributed by atoms with Crippen molar-refractivity contribution in [3.63, 3.8) is 0 Å². The van der Waals surface area contributed by atoms with Gasteiger partial charge in [-0.05, 0) is 52.6 Å². The van der Waals surface area contributed by atoms with Crippen molar-refractivity contribution in [2.75, 3.05) is 0 Å². The van der Waals surface area contributed by atoms with Gasteiger partial charge in [-0.15, -0.1) is 0 Å². The number of hydrogen-bond acceptors (Lipinski definition) is 3. The Kier molecular flexibility index (Phi) is 5.23. The zero-order valence-corrected chi connectivity index (χ0v) is 17.8. The molecule has 32 heavy (non-hydrogen) atoms. The zero-order chi connectivity index (χ0) is 22.1. The van der Waals surface area contributed by atoms with E-state index in [-0.39, 0.29) is 23.6 Å². The van der Waals surface area contributed by atoms with Crippen molar-refractivity contribution < 1.29 is 14.0 Å².